The maximum atomic E-state index is 16.8. The van der Waals surface area contributed by atoms with Gasteiger partial charge in [0.05, 0.1) is 39.3 Å². The molecule has 0 unspecified atom stereocenters. The Labute approximate surface area is 279 Å². The second kappa shape index (κ2) is 12.2. The predicted octanol–water partition coefficient (Wildman–Crippen LogP) is 6.27. The van der Waals surface area contributed by atoms with E-state index in [0.717, 1.165) is 30.7 Å². The number of aromatic nitrogens is 3. The number of hydrogen-bond donors (Lipinski definition) is 1. The van der Waals surface area contributed by atoms with Gasteiger partial charge in [-0.2, -0.15) is 9.97 Å². The van der Waals surface area contributed by atoms with Gasteiger partial charge in [-0.05, 0) is 44.4 Å². The van der Waals surface area contributed by atoms with Crippen molar-refractivity contribution in [1.29, 1.82) is 0 Å². The molecule has 0 spiro atoms. The number of thiophene rings is 1. The van der Waals surface area contributed by atoms with Crippen molar-refractivity contribution in [2.24, 2.45) is 0 Å². The lowest BCUT2D eigenvalue weighted by Crippen LogP contribution is -2.45. The third kappa shape index (κ3) is 5.02. The predicted molar refractivity (Wildman–Crippen MR) is 180 cm³/mol. The van der Waals surface area contributed by atoms with Crippen LogP contribution in [0.5, 0.6) is 6.01 Å². The Morgan fingerprint density at radius 1 is 1.33 bits per heavy atom. The summed E-state index contributed by atoms with van der Waals surface area (Å²) in [5, 5.41) is 0.629. The van der Waals surface area contributed by atoms with Crippen LogP contribution in [0.4, 0.5) is 29.7 Å². The van der Waals surface area contributed by atoms with E-state index in [2.05, 4.69) is 26.3 Å². The van der Waals surface area contributed by atoms with E-state index in [0.29, 0.717) is 43.6 Å². The summed E-state index contributed by atoms with van der Waals surface area (Å²) in [7, 11) is 1.84. The fourth-order valence-electron chi connectivity index (χ4n) is 8.00. The zero-order valence-corrected chi connectivity index (χ0v) is 27.5. The molecule has 3 aliphatic rings. The number of nitrogens with zero attached hydrogens (tertiary/aromatic N) is 7. The number of halogens is 3. The number of anilines is 2. The minimum atomic E-state index is -0.951. The number of alkyl halides is 1. The summed E-state index contributed by atoms with van der Waals surface area (Å²) in [6.07, 6.45) is 5.19. The topological polar surface area (TPSA) is 105 Å². The highest BCUT2D eigenvalue weighted by Gasteiger charge is 2.49. The average molecular weight is 677 g/mol. The van der Waals surface area contributed by atoms with Crippen LogP contribution in [0.1, 0.15) is 39.0 Å². The van der Waals surface area contributed by atoms with Crippen molar-refractivity contribution in [3.63, 3.8) is 0 Å². The highest BCUT2D eigenvalue weighted by atomic mass is 32.1. The second-order valence-corrected chi connectivity index (χ2v) is 13.8. The molecule has 3 aliphatic heterocycles. The van der Waals surface area contributed by atoms with E-state index in [1.807, 2.05) is 18.9 Å². The van der Waals surface area contributed by atoms with Crippen LogP contribution in [0.2, 0.25) is 0 Å². The van der Waals surface area contributed by atoms with Gasteiger partial charge in [0, 0.05) is 43.7 Å². The molecule has 1 amide bonds. The number of likely N-dealkylation sites (N-methyl/N-ethyl adjacent to an activating group) is 1. The molecule has 3 fully saturated rings. The fraction of sp³-hybridized carbons (Fsp3) is 0.441. The fourth-order valence-corrected chi connectivity index (χ4v) is 8.94. The Morgan fingerprint density at radius 2 is 2.15 bits per heavy atom. The largest absolute Gasteiger partial charge is 0.461 e. The van der Waals surface area contributed by atoms with Gasteiger partial charge in [0.1, 0.15) is 35.6 Å². The van der Waals surface area contributed by atoms with Gasteiger partial charge in [-0.1, -0.05) is 19.6 Å². The molecule has 4 aromatic rings. The number of carbonyl (C=O) groups excluding carboxylic acids is 1. The quantitative estimate of drug-likeness (QED) is 0.172. The molecule has 6 heterocycles. The first-order valence-corrected chi connectivity index (χ1v) is 16.8. The van der Waals surface area contributed by atoms with Crippen LogP contribution in [0.15, 0.2) is 31.0 Å². The highest BCUT2D eigenvalue weighted by molar-refractivity contribution is 7.23. The summed E-state index contributed by atoms with van der Waals surface area (Å²) in [6, 6.07) is 2.21. The smallest absolute Gasteiger partial charge is 0.319 e. The van der Waals surface area contributed by atoms with Gasteiger partial charge >= 0.3 is 6.01 Å². The monoisotopic (exact) mass is 676 g/mol. The van der Waals surface area contributed by atoms with Crippen molar-refractivity contribution in [3.05, 3.63) is 54.0 Å². The molecule has 4 atom stereocenters. The normalized spacial score (nSPS) is 23.9. The van der Waals surface area contributed by atoms with Gasteiger partial charge in [0.25, 0.3) is 0 Å². The van der Waals surface area contributed by atoms with Crippen LogP contribution in [0.3, 0.4) is 0 Å². The molecular weight excluding hydrogens is 641 g/mol. The Bertz CT molecular complexity index is 2000. The second-order valence-electron chi connectivity index (χ2n) is 12.8. The molecule has 0 saturated carbocycles. The summed E-state index contributed by atoms with van der Waals surface area (Å²) in [5.74, 6) is -1.16. The van der Waals surface area contributed by atoms with Crippen molar-refractivity contribution in [3.8, 4) is 17.3 Å². The number of likely N-dealkylation sites (tertiary alicyclic amines) is 1. The number of fused-ring (bicyclic) bond motifs is 3. The van der Waals surface area contributed by atoms with Gasteiger partial charge in [-0.15, -0.1) is 11.3 Å². The zero-order valence-electron chi connectivity index (χ0n) is 26.7. The lowest BCUT2D eigenvalue weighted by molar-refractivity contribution is -0.126. The lowest BCUT2D eigenvalue weighted by Gasteiger charge is -2.34. The third-order valence-corrected chi connectivity index (χ3v) is 11.3. The molecule has 0 radical (unpaired) electrons. The Morgan fingerprint density at radius 3 is 2.90 bits per heavy atom. The molecule has 0 aliphatic carbocycles. The Hall–Kier alpha value is -4.48. The first-order valence-electron chi connectivity index (χ1n) is 16.0. The maximum Gasteiger partial charge on any atom is 0.319 e. The Kier molecular flexibility index (Phi) is 8.15. The van der Waals surface area contributed by atoms with Crippen molar-refractivity contribution < 1.29 is 22.7 Å². The summed E-state index contributed by atoms with van der Waals surface area (Å²) in [5.41, 5.74) is 5.62. The minimum absolute atomic E-state index is 0.0338. The van der Waals surface area contributed by atoms with Crippen molar-refractivity contribution in [2.45, 2.75) is 62.8 Å². The summed E-state index contributed by atoms with van der Waals surface area (Å²) < 4.78 is 52.6. The van der Waals surface area contributed by atoms with Crippen molar-refractivity contribution in [1.82, 2.24) is 24.8 Å². The summed E-state index contributed by atoms with van der Waals surface area (Å²) in [6.45, 7) is 15.1. The van der Waals surface area contributed by atoms with E-state index >= 15 is 4.39 Å². The molecule has 3 saturated heterocycles. The lowest BCUT2D eigenvalue weighted by atomic mass is 9.95. The SMILES string of the molecule is [C-]#[N+]c1c(N)sc2c(F)ccc(-c3ncc4c(N(C)[C@@H]5CCN(C(=O)C=C)[C@H]5CC)nc(OC[C@@]56CCCN5C[C@H](F)C6)nc4c3F)c12. The first kappa shape index (κ1) is 32.1. The molecule has 3 aromatic heterocycles. The zero-order chi connectivity index (χ0) is 33.9. The van der Waals surface area contributed by atoms with Gasteiger partial charge in [0.15, 0.2) is 5.82 Å². The number of amides is 1. The third-order valence-electron chi connectivity index (χ3n) is 10.3. The molecular formula is C34H35F3N8O2S. The number of pyridine rings is 1. The maximum absolute atomic E-state index is 16.8. The molecule has 10 nitrogen and oxygen atoms in total. The van der Waals surface area contributed by atoms with E-state index < -0.39 is 23.3 Å². The van der Waals surface area contributed by atoms with Crippen molar-refractivity contribution >= 4 is 54.7 Å². The van der Waals surface area contributed by atoms with Gasteiger partial charge in [-0.3, -0.25) is 14.7 Å². The molecule has 250 valence electrons. The molecule has 0 bridgehead atoms. The van der Waals surface area contributed by atoms with Crippen LogP contribution in [0, 0.1) is 18.2 Å². The van der Waals surface area contributed by atoms with Crippen LogP contribution < -0.4 is 15.4 Å². The molecule has 1 aromatic carbocycles. The number of nitrogen functional groups attached to an aromatic ring is 1. The number of nitrogens with two attached hydrogens (primary N) is 1. The van der Waals surface area contributed by atoms with Crippen LogP contribution in [-0.2, 0) is 4.79 Å². The van der Waals surface area contributed by atoms with Crippen LogP contribution >= 0.6 is 11.3 Å². The van der Waals surface area contributed by atoms with E-state index in [9.17, 15) is 13.6 Å². The van der Waals surface area contributed by atoms with E-state index in [1.54, 1.807) is 4.90 Å². The number of ether oxygens (including phenoxy) is 1. The van der Waals surface area contributed by atoms with E-state index in [-0.39, 0.29) is 68.2 Å². The standard InChI is InChI=1S/C34H35F3N8O2S/c1-5-22-23(10-13-45(22)24(46)6-2)43(4)32-20-15-40-27(19-8-9-21(36)30-25(19)29(39-3)31(38)48-30)26(37)28(20)41-33(42-32)47-17-34-11-7-12-44(34)16-18(35)14-34/h6,8-9,15,18,22-23H,2,5,7,10-14,16-17,38H2,1,4H3/t18-,22+,23-,34+/m1/s1. The van der Waals surface area contributed by atoms with Crippen LogP contribution in [0.25, 0.3) is 37.1 Å². The highest BCUT2D eigenvalue weighted by Crippen LogP contribution is 2.47. The molecule has 14 heteroatoms. The van der Waals surface area contributed by atoms with Gasteiger partial charge in [0.2, 0.25) is 11.6 Å². The van der Waals surface area contributed by atoms with Crippen LogP contribution in [-0.4, -0.2) is 87.7 Å². The van der Waals surface area contributed by atoms with Gasteiger partial charge < -0.3 is 20.3 Å². The van der Waals surface area contributed by atoms with E-state index in [1.165, 1.54) is 24.4 Å². The Balaban J connectivity index is 1.36. The van der Waals surface area contributed by atoms with Crippen molar-refractivity contribution in [2.75, 3.05) is 43.9 Å². The number of carbonyl (C=O) groups is 1. The number of benzene rings is 1. The number of rotatable bonds is 8. The summed E-state index contributed by atoms with van der Waals surface area (Å²) in [4.78, 5) is 35.8. The average Bonchev–Trinajstić information content (AvgIpc) is 3.84. The molecule has 48 heavy (non-hydrogen) atoms. The van der Waals surface area contributed by atoms with Gasteiger partial charge in [-0.25, -0.2) is 18.0 Å². The molecule has 7 rings (SSSR count). The molecule has 2 N–H and O–H groups in total. The summed E-state index contributed by atoms with van der Waals surface area (Å²) >= 11 is 0.925. The minimum Gasteiger partial charge on any atom is -0.461 e. The first-order chi connectivity index (χ1) is 23.1. The van der Waals surface area contributed by atoms with E-state index in [4.69, 9.17) is 22.0 Å². The number of hydrogen-bond acceptors (Lipinski definition) is 9.